The van der Waals surface area contributed by atoms with Crippen molar-refractivity contribution in [3.63, 3.8) is 0 Å². The Bertz CT molecular complexity index is 956. The van der Waals surface area contributed by atoms with Gasteiger partial charge in [0.25, 0.3) is 11.7 Å². The molecule has 0 radical (unpaired) electrons. The van der Waals surface area contributed by atoms with Crippen molar-refractivity contribution in [2.24, 2.45) is 0 Å². The molecule has 1 aromatic heterocycles. The van der Waals surface area contributed by atoms with Crippen LogP contribution >= 0.6 is 0 Å². The van der Waals surface area contributed by atoms with E-state index in [2.05, 4.69) is 10.2 Å². The number of ether oxygens (including phenoxy) is 1. The van der Waals surface area contributed by atoms with E-state index in [1.165, 1.54) is 0 Å². The maximum Gasteiger partial charge on any atom is 0.295 e. The molecule has 0 saturated carbocycles. The molecular weight excluding hydrogens is 384 g/mol. The zero-order chi connectivity index (χ0) is 22.0. The molecule has 1 amide bonds. The van der Waals surface area contributed by atoms with Gasteiger partial charge in [-0.2, -0.15) is 5.10 Å². The third-order valence-corrected chi connectivity index (χ3v) is 5.34. The second-order valence-corrected chi connectivity index (χ2v) is 7.73. The van der Waals surface area contributed by atoms with Gasteiger partial charge in [-0.05, 0) is 58.6 Å². The highest BCUT2D eigenvalue weighted by atomic mass is 16.5. The Labute approximate surface area is 176 Å². The third-order valence-electron chi connectivity index (χ3n) is 5.34. The van der Waals surface area contributed by atoms with Crippen molar-refractivity contribution in [3.8, 4) is 5.75 Å². The number of amides is 1. The van der Waals surface area contributed by atoms with E-state index in [1.807, 2.05) is 31.1 Å². The van der Waals surface area contributed by atoms with Crippen molar-refractivity contribution in [1.82, 2.24) is 20.0 Å². The number of aromatic nitrogens is 2. The third kappa shape index (κ3) is 3.95. The number of likely N-dealkylation sites (tertiary alicyclic amines) is 1. The van der Waals surface area contributed by atoms with Crippen molar-refractivity contribution in [2.45, 2.75) is 26.3 Å². The van der Waals surface area contributed by atoms with Crippen molar-refractivity contribution in [2.75, 3.05) is 34.3 Å². The van der Waals surface area contributed by atoms with Crippen LogP contribution in [0.5, 0.6) is 5.75 Å². The van der Waals surface area contributed by atoms with Crippen LogP contribution in [0.4, 0.5) is 0 Å². The molecule has 0 aliphatic carbocycles. The number of carbonyl (C=O) groups is 2. The highest BCUT2D eigenvalue weighted by Gasteiger charge is 2.46. The fourth-order valence-electron chi connectivity index (χ4n) is 3.84. The SMILES string of the molecule is COc1ccc([C@H]2/C(=C(\O)c3c(C)n[nH]c3C)C(=O)C(=O)N2CCCN(C)C)cc1. The molecule has 1 fully saturated rings. The average molecular weight is 412 g/mol. The minimum Gasteiger partial charge on any atom is -0.507 e. The van der Waals surface area contributed by atoms with Gasteiger partial charge in [0.2, 0.25) is 0 Å². The van der Waals surface area contributed by atoms with E-state index in [9.17, 15) is 14.7 Å². The number of hydrogen-bond donors (Lipinski definition) is 2. The number of ketones is 1. The summed E-state index contributed by atoms with van der Waals surface area (Å²) in [5, 5.41) is 18.0. The molecule has 0 bridgehead atoms. The van der Waals surface area contributed by atoms with E-state index >= 15 is 0 Å². The van der Waals surface area contributed by atoms with Gasteiger partial charge in [0.05, 0.1) is 30.0 Å². The van der Waals surface area contributed by atoms with Crippen LogP contribution in [0.3, 0.4) is 0 Å². The van der Waals surface area contributed by atoms with Crippen LogP contribution in [-0.2, 0) is 9.59 Å². The van der Waals surface area contributed by atoms with Gasteiger partial charge in [0.15, 0.2) is 0 Å². The lowest BCUT2D eigenvalue weighted by Gasteiger charge is -2.26. The summed E-state index contributed by atoms with van der Waals surface area (Å²) in [6.45, 7) is 4.69. The monoisotopic (exact) mass is 412 g/mol. The molecule has 1 aromatic carbocycles. The molecule has 8 heteroatoms. The molecule has 30 heavy (non-hydrogen) atoms. The number of nitrogens with zero attached hydrogens (tertiary/aromatic N) is 3. The molecule has 8 nitrogen and oxygen atoms in total. The second kappa shape index (κ2) is 8.71. The minimum absolute atomic E-state index is 0.0858. The molecule has 1 atom stereocenters. The number of rotatable bonds is 7. The summed E-state index contributed by atoms with van der Waals surface area (Å²) in [7, 11) is 5.49. The summed E-state index contributed by atoms with van der Waals surface area (Å²) < 4.78 is 5.23. The number of hydrogen-bond acceptors (Lipinski definition) is 6. The number of aliphatic hydroxyl groups excluding tert-OH is 1. The Morgan fingerprint density at radius 1 is 1.23 bits per heavy atom. The number of nitrogens with one attached hydrogen (secondary N) is 1. The molecule has 2 heterocycles. The molecule has 160 valence electrons. The van der Waals surface area contributed by atoms with Crippen LogP contribution in [0.25, 0.3) is 5.76 Å². The van der Waals surface area contributed by atoms with E-state index in [1.54, 1.807) is 38.0 Å². The van der Waals surface area contributed by atoms with Gasteiger partial charge in [0, 0.05) is 12.2 Å². The first-order valence-electron chi connectivity index (χ1n) is 9.85. The van der Waals surface area contributed by atoms with Crippen molar-refractivity contribution in [1.29, 1.82) is 0 Å². The normalized spacial score (nSPS) is 18.5. The minimum atomic E-state index is -0.682. The largest absolute Gasteiger partial charge is 0.507 e. The molecular formula is C22H28N4O4. The van der Waals surface area contributed by atoms with Gasteiger partial charge in [-0.1, -0.05) is 12.1 Å². The highest BCUT2D eigenvalue weighted by molar-refractivity contribution is 6.46. The first-order valence-corrected chi connectivity index (χ1v) is 9.85. The first-order chi connectivity index (χ1) is 14.3. The Hall–Kier alpha value is -3.13. The Morgan fingerprint density at radius 2 is 1.90 bits per heavy atom. The van der Waals surface area contributed by atoms with Gasteiger partial charge >= 0.3 is 0 Å². The Balaban J connectivity index is 2.11. The number of aromatic amines is 1. The Morgan fingerprint density at radius 3 is 2.43 bits per heavy atom. The summed E-state index contributed by atoms with van der Waals surface area (Å²) in [6.07, 6.45) is 0.705. The van der Waals surface area contributed by atoms with Crippen LogP contribution in [0.1, 0.15) is 35.0 Å². The molecule has 0 spiro atoms. The number of carbonyl (C=O) groups excluding carboxylic acids is 2. The lowest BCUT2D eigenvalue weighted by molar-refractivity contribution is -0.139. The topological polar surface area (TPSA) is 98.8 Å². The summed E-state index contributed by atoms with van der Waals surface area (Å²) in [5.41, 5.74) is 2.48. The summed E-state index contributed by atoms with van der Waals surface area (Å²) in [4.78, 5) is 29.5. The molecule has 2 aromatic rings. The smallest absolute Gasteiger partial charge is 0.295 e. The van der Waals surface area contributed by atoms with Crippen LogP contribution < -0.4 is 4.74 Å². The van der Waals surface area contributed by atoms with E-state index in [0.29, 0.717) is 35.7 Å². The summed E-state index contributed by atoms with van der Waals surface area (Å²) >= 11 is 0. The number of H-pyrrole nitrogens is 1. The van der Waals surface area contributed by atoms with Crippen molar-refractivity contribution in [3.05, 3.63) is 52.4 Å². The van der Waals surface area contributed by atoms with Crippen molar-refractivity contribution < 1.29 is 19.4 Å². The number of methoxy groups -OCH3 is 1. The van der Waals surface area contributed by atoms with E-state index in [4.69, 9.17) is 4.74 Å². The second-order valence-electron chi connectivity index (χ2n) is 7.73. The predicted molar refractivity (Wildman–Crippen MR) is 113 cm³/mol. The number of Topliss-reactive ketones (excluding diaryl/α,β-unsaturated/α-hetero) is 1. The number of aryl methyl sites for hydroxylation is 2. The predicted octanol–water partition coefficient (Wildman–Crippen LogP) is 2.41. The fraction of sp³-hybridized carbons (Fsp3) is 0.409. The molecule has 1 aliphatic heterocycles. The molecule has 1 aliphatic rings. The molecule has 1 saturated heterocycles. The van der Waals surface area contributed by atoms with Crippen LogP contribution in [-0.4, -0.2) is 71.1 Å². The van der Waals surface area contributed by atoms with Gasteiger partial charge in [-0.15, -0.1) is 0 Å². The van der Waals surface area contributed by atoms with Crippen LogP contribution in [0.15, 0.2) is 29.8 Å². The zero-order valence-corrected chi connectivity index (χ0v) is 18.0. The Kier molecular flexibility index (Phi) is 6.26. The maximum atomic E-state index is 13.0. The summed E-state index contributed by atoms with van der Waals surface area (Å²) in [5.74, 6) is -0.814. The lowest BCUT2D eigenvalue weighted by Crippen LogP contribution is -2.32. The van der Waals surface area contributed by atoms with Gasteiger partial charge in [-0.25, -0.2) is 0 Å². The quantitative estimate of drug-likeness (QED) is 0.412. The van der Waals surface area contributed by atoms with Gasteiger partial charge in [0.1, 0.15) is 11.5 Å². The molecule has 3 rings (SSSR count). The van der Waals surface area contributed by atoms with Gasteiger partial charge in [-0.3, -0.25) is 14.7 Å². The maximum absolute atomic E-state index is 13.0. The van der Waals surface area contributed by atoms with Crippen LogP contribution in [0.2, 0.25) is 0 Å². The van der Waals surface area contributed by atoms with E-state index < -0.39 is 17.7 Å². The molecule has 0 unspecified atom stereocenters. The average Bonchev–Trinajstić information content (AvgIpc) is 3.18. The summed E-state index contributed by atoms with van der Waals surface area (Å²) in [6, 6.07) is 6.52. The van der Waals surface area contributed by atoms with Crippen molar-refractivity contribution >= 4 is 17.4 Å². The van der Waals surface area contributed by atoms with Crippen LogP contribution in [0, 0.1) is 13.8 Å². The van der Waals surface area contributed by atoms with E-state index in [-0.39, 0.29) is 11.3 Å². The zero-order valence-electron chi connectivity index (χ0n) is 18.0. The standard InChI is InChI=1S/C22H28N4O4/c1-13-17(14(2)24-23-13)20(27)18-19(15-7-9-16(30-5)10-8-15)26(22(29)21(18)28)12-6-11-25(3)4/h7-10,19,27H,6,11-12H2,1-5H3,(H,23,24)/b20-18+/t19-/m0/s1. The lowest BCUT2D eigenvalue weighted by atomic mass is 9.94. The fourth-order valence-corrected chi connectivity index (χ4v) is 3.84. The van der Waals surface area contributed by atoms with E-state index in [0.717, 1.165) is 12.1 Å². The number of aliphatic hydroxyl groups is 1. The molecule has 2 N–H and O–H groups in total. The highest BCUT2D eigenvalue weighted by Crippen LogP contribution is 2.40. The first kappa shape index (κ1) is 21.6. The number of benzene rings is 1. The van der Waals surface area contributed by atoms with Gasteiger partial charge < -0.3 is 19.6 Å².